The van der Waals surface area contributed by atoms with Gasteiger partial charge in [0.25, 0.3) is 0 Å². The van der Waals surface area contributed by atoms with E-state index < -0.39 is 11.7 Å². The second kappa shape index (κ2) is 5.54. The Morgan fingerprint density at radius 2 is 1.85 bits per heavy atom. The molecule has 20 heavy (non-hydrogen) atoms. The van der Waals surface area contributed by atoms with Gasteiger partial charge >= 0.3 is 6.18 Å². The van der Waals surface area contributed by atoms with Gasteiger partial charge in [0, 0.05) is 10.6 Å². The highest BCUT2D eigenvalue weighted by atomic mass is 35.5. The number of hydrogen-bond acceptors (Lipinski definition) is 2. The first-order chi connectivity index (χ1) is 9.40. The highest BCUT2D eigenvalue weighted by Gasteiger charge is 2.34. The molecular weight excluding hydrogens is 293 g/mol. The molecule has 2 rings (SSSR count). The van der Waals surface area contributed by atoms with Crippen molar-refractivity contribution in [1.29, 1.82) is 0 Å². The molecule has 104 valence electrons. The lowest BCUT2D eigenvalue weighted by Crippen LogP contribution is -2.08. The van der Waals surface area contributed by atoms with Crippen molar-refractivity contribution >= 4 is 17.9 Å². The SMILES string of the molecule is O=Cc1ccc(Oc2cccc(Cl)c2)c(C(F)(F)F)c1. The van der Waals surface area contributed by atoms with Crippen molar-refractivity contribution in [1.82, 2.24) is 0 Å². The Kier molecular flexibility index (Phi) is 3.99. The first-order valence-corrected chi connectivity index (χ1v) is 5.88. The van der Waals surface area contributed by atoms with Crippen LogP contribution in [-0.2, 0) is 6.18 Å². The van der Waals surface area contributed by atoms with Gasteiger partial charge in [-0.25, -0.2) is 0 Å². The molecule has 0 fully saturated rings. The molecule has 0 bridgehead atoms. The van der Waals surface area contributed by atoms with Crippen LogP contribution in [-0.4, -0.2) is 6.29 Å². The van der Waals surface area contributed by atoms with Crippen LogP contribution in [0.4, 0.5) is 13.2 Å². The number of hydrogen-bond donors (Lipinski definition) is 0. The first-order valence-electron chi connectivity index (χ1n) is 5.50. The van der Waals surface area contributed by atoms with E-state index in [9.17, 15) is 18.0 Å². The van der Waals surface area contributed by atoms with Crippen LogP contribution in [0.1, 0.15) is 15.9 Å². The molecule has 0 aromatic heterocycles. The second-order valence-corrected chi connectivity index (χ2v) is 4.37. The normalized spacial score (nSPS) is 11.2. The van der Waals surface area contributed by atoms with Gasteiger partial charge in [0.2, 0.25) is 0 Å². The summed E-state index contributed by atoms with van der Waals surface area (Å²) in [5, 5.41) is 0.348. The summed E-state index contributed by atoms with van der Waals surface area (Å²) in [6.45, 7) is 0. The van der Waals surface area contributed by atoms with E-state index in [1.54, 1.807) is 12.1 Å². The van der Waals surface area contributed by atoms with E-state index >= 15 is 0 Å². The minimum atomic E-state index is -4.62. The molecule has 0 aliphatic heterocycles. The van der Waals surface area contributed by atoms with Crippen LogP contribution >= 0.6 is 11.6 Å². The zero-order valence-electron chi connectivity index (χ0n) is 9.95. The molecule has 2 nitrogen and oxygen atoms in total. The molecule has 0 spiro atoms. The molecule has 0 saturated carbocycles. The fraction of sp³-hybridized carbons (Fsp3) is 0.0714. The predicted octanol–water partition coefficient (Wildman–Crippen LogP) is 4.96. The molecule has 0 aliphatic carbocycles. The van der Waals surface area contributed by atoms with Gasteiger partial charge in [-0.2, -0.15) is 13.2 Å². The minimum Gasteiger partial charge on any atom is -0.457 e. The highest BCUT2D eigenvalue weighted by molar-refractivity contribution is 6.30. The average molecular weight is 301 g/mol. The largest absolute Gasteiger partial charge is 0.457 e. The van der Waals surface area contributed by atoms with Gasteiger partial charge in [-0.1, -0.05) is 17.7 Å². The number of benzene rings is 2. The molecule has 2 aromatic carbocycles. The number of rotatable bonds is 3. The van der Waals surface area contributed by atoms with Crippen molar-refractivity contribution in [2.24, 2.45) is 0 Å². The van der Waals surface area contributed by atoms with E-state index in [1.165, 1.54) is 18.2 Å². The topological polar surface area (TPSA) is 26.3 Å². The van der Waals surface area contributed by atoms with Crippen LogP contribution in [0.25, 0.3) is 0 Å². The quantitative estimate of drug-likeness (QED) is 0.749. The van der Waals surface area contributed by atoms with Crippen molar-refractivity contribution in [3.05, 3.63) is 58.6 Å². The van der Waals surface area contributed by atoms with Gasteiger partial charge in [-0.15, -0.1) is 0 Å². The van der Waals surface area contributed by atoms with Crippen molar-refractivity contribution < 1.29 is 22.7 Å². The third kappa shape index (κ3) is 3.30. The summed E-state index contributed by atoms with van der Waals surface area (Å²) < 4.78 is 44.0. The standard InChI is InChI=1S/C14H8ClF3O2/c15-10-2-1-3-11(7-10)20-13-5-4-9(8-19)6-12(13)14(16,17)18/h1-8H. The van der Waals surface area contributed by atoms with Crippen LogP contribution in [0.2, 0.25) is 5.02 Å². The van der Waals surface area contributed by atoms with E-state index in [0.717, 1.165) is 12.1 Å². The van der Waals surface area contributed by atoms with Crippen LogP contribution in [0.3, 0.4) is 0 Å². The summed E-state index contributed by atoms with van der Waals surface area (Å²) in [6, 6.07) is 9.12. The fourth-order valence-electron chi connectivity index (χ4n) is 1.59. The highest BCUT2D eigenvalue weighted by Crippen LogP contribution is 2.38. The lowest BCUT2D eigenvalue weighted by molar-refractivity contribution is -0.138. The average Bonchev–Trinajstić information content (AvgIpc) is 2.38. The summed E-state index contributed by atoms with van der Waals surface area (Å²) in [6.07, 6.45) is -4.27. The Hall–Kier alpha value is -2.01. The molecule has 0 atom stereocenters. The Balaban J connectivity index is 2.43. The Labute approximate surface area is 117 Å². The van der Waals surface area contributed by atoms with Crippen molar-refractivity contribution in [2.45, 2.75) is 6.18 Å². The van der Waals surface area contributed by atoms with Crippen molar-refractivity contribution in [3.63, 3.8) is 0 Å². The maximum Gasteiger partial charge on any atom is 0.420 e. The van der Waals surface area contributed by atoms with E-state index in [0.29, 0.717) is 11.3 Å². The zero-order valence-corrected chi connectivity index (χ0v) is 10.7. The molecule has 0 N–H and O–H groups in total. The van der Waals surface area contributed by atoms with E-state index in [1.807, 2.05) is 0 Å². The number of carbonyl (C=O) groups excluding carboxylic acids is 1. The van der Waals surface area contributed by atoms with Crippen LogP contribution in [0, 0.1) is 0 Å². The maximum atomic E-state index is 12.9. The van der Waals surface area contributed by atoms with Crippen LogP contribution < -0.4 is 4.74 Å². The van der Waals surface area contributed by atoms with Crippen molar-refractivity contribution in [2.75, 3.05) is 0 Å². The van der Waals surface area contributed by atoms with Gasteiger partial charge in [0.1, 0.15) is 17.8 Å². The fourth-order valence-corrected chi connectivity index (χ4v) is 1.77. The molecular formula is C14H8ClF3O2. The predicted molar refractivity (Wildman–Crippen MR) is 68.4 cm³/mol. The minimum absolute atomic E-state index is 0.0734. The Bertz CT molecular complexity index is 639. The molecule has 2 aromatic rings. The van der Waals surface area contributed by atoms with Crippen LogP contribution in [0.15, 0.2) is 42.5 Å². The zero-order chi connectivity index (χ0) is 14.8. The lowest BCUT2D eigenvalue weighted by Gasteiger charge is -2.14. The summed E-state index contributed by atoms with van der Waals surface area (Å²) >= 11 is 5.74. The molecule has 0 heterocycles. The summed E-state index contributed by atoms with van der Waals surface area (Å²) in [7, 11) is 0. The third-order valence-electron chi connectivity index (χ3n) is 2.47. The van der Waals surface area contributed by atoms with E-state index in [4.69, 9.17) is 16.3 Å². The number of aldehydes is 1. The number of ether oxygens (including phenoxy) is 1. The summed E-state index contributed by atoms with van der Waals surface area (Å²) in [4.78, 5) is 10.6. The number of carbonyl (C=O) groups is 1. The van der Waals surface area contributed by atoms with Gasteiger partial charge in [-0.3, -0.25) is 4.79 Å². The molecule has 0 unspecified atom stereocenters. The maximum absolute atomic E-state index is 12.9. The van der Waals surface area contributed by atoms with E-state index in [2.05, 4.69) is 0 Å². The van der Waals surface area contributed by atoms with Crippen molar-refractivity contribution in [3.8, 4) is 11.5 Å². The first kappa shape index (κ1) is 14.4. The second-order valence-electron chi connectivity index (χ2n) is 3.93. The molecule has 0 saturated heterocycles. The molecule has 0 radical (unpaired) electrons. The van der Waals surface area contributed by atoms with E-state index in [-0.39, 0.29) is 17.1 Å². The summed E-state index contributed by atoms with van der Waals surface area (Å²) in [5.41, 5.74) is -1.09. The van der Waals surface area contributed by atoms with Gasteiger partial charge in [-0.05, 0) is 36.4 Å². The van der Waals surface area contributed by atoms with Gasteiger partial charge < -0.3 is 4.74 Å². The lowest BCUT2D eigenvalue weighted by atomic mass is 10.1. The monoisotopic (exact) mass is 300 g/mol. The molecule has 0 aliphatic rings. The Morgan fingerprint density at radius 1 is 1.10 bits per heavy atom. The van der Waals surface area contributed by atoms with Gasteiger partial charge in [0.05, 0.1) is 5.56 Å². The van der Waals surface area contributed by atoms with Crippen LogP contribution in [0.5, 0.6) is 11.5 Å². The number of halogens is 4. The van der Waals surface area contributed by atoms with Gasteiger partial charge in [0.15, 0.2) is 0 Å². The summed E-state index contributed by atoms with van der Waals surface area (Å²) in [5.74, 6) is -0.202. The smallest absolute Gasteiger partial charge is 0.420 e. The third-order valence-corrected chi connectivity index (χ3v) is 2.70. The molecule has 0 amide bonds. The Morgan fingerprint density at radius 3 is 2.45 bits per heavy atom. The number of alkyl halides is 3. The molecule has 6 heteroatoms.